The summed E-state index contributed by atoms with van der Waals surface area (Å²) in [6.07, 6.45) is 3.40. The Balaban J connectivity index is 1.88. The first kappa shape index (κ1) is 15.5. The maximum atomic E-state index is 12.1. The predicted molar refractivity (Wildman–Crippen MR) is 103 cm³/mol. The second-order valence-corrected chi connectivity index (χ2v) is 6.58. The van der Waals surface area contributed by atoms with Crippen molar-refractivity contribution in [2.75, 3.05) is 5.32 Å². The molecule has 0 fully saturated rings. The van der Waals surface area contributed by atoms with Crippen molar-refractivity contribution in [2.24, 2.45) is 5.73 Å². The number of phenolic OH excluding ortho intramolecular Hbond substituents is 1. The summed E-state index contributed by atoms with van der Waals surface area (Å²) in [5, 5.41) is 17.6. The summed E-state index contributed by atoms with van der Waals surface area (Å²) in [6.45, 7) is 0. The highest BCUT2D eigenvalue weighted by atomic mass is 16.3. The number of primary amides is 1. The molecule has 0 aliphatic carbocycles. The summed E-state index contributed by atoms with van der Waals surface area (Å²) < 4.78 is 1.77. The molecule has 2 aromatic heterocycles. The molecule has 0 saturated heterocycles. The Labute approximate surface area is 154 Å². The van der Waals surface area contributed by atoms with Crippen molar-refractivity contribution in [1.29, 1.82) is 0 Å². The fourth-order valence-corrected chi connectivity index (χ4v) is 3.79. The topological polar surface area (TPSA) is 92.7 Å². The third-order valence-electron chi connectivity index (χ3n) is 5.01. The van der Waals surface area contributed by atoms with Crippen molar-refractivity contribution in [3.63, 3.8) is 0 Å². The van der Waals surface area contributed by atoms with E-state index in [4.69, 9.17) is 5.73 Å². The number of aromatic hydroxyl groups is 1. The Morgan fingerprint density at radius 1 is 1.11 bits per heavy atom. The van der Waals surface area contributed by atoms with Gasteiger partial charge in [-0.2, -0.15) is 5.10 Å². The van der Waals surface area contributed by atoms with Gasteiger partial charge in [0.2, 0.25) is 0 Å². The zero-order valence-electron chi connectivity index (χ0n) is 14.3. The van der Waals surface area contributed by atoms with Crippen LogP contribution in [0.15, 0.2) is 67.0 Å². The van der Waals surface area contributed by atoms with E-state index in [0.717, 1.165) is 33.5 Å². The molecule has 6 heteroatoms. The van der Waals surface area contributed by atoms with Crippen molar-refractivity contribution >= 4 is 17.1 Å². The molecule has 0 spiro atoms. The number of anilines is 1. The van der Waals surface area contributed by atoms with E-state index in [1.165, 1.54) is 6.20 Å². The van der Waals surface area contributed by atoms with E-state index in [0.29, 0.717) is 5.56 Å². The van der Waals surface area contributed by atoms with Gasteiger partial charge in [-0.05, 0) is 29.8 Å². The van der Waals surface area contributed by atoms with Gasteiger partial charge in [0, 0.05) is 28.6 Å². The highest BCUT2D eigenvalue weighted by molar-refractivity contribution is 6.06. The molecule has 6 nitrogen and oxygen atoms in total. The monoisotopic (exact) mass is 356 g/mol. The summed E-state index contributed by atoms with van der Waals surface area (Å²) in [4.78, 5) is 12.1. The first-order valence-corrected chi connectivity index (χ1v) is 8.58. The zero-order chi connectivity index (χ0) is 18.5. The van der Waals surface area contributed by atoms with Gasteiger partial charge < -0.3 is 16.2 Å². The van der Waals surface area contributed by atoms with Gasteiger partial charge in [0.25, 0.3) is 5.91 Å². The standard InChI is InChI=1S/C21H16N4O2/c22-21(27)16-11-23-25-10-9-15-19(12-5-7-13(26)8-6-12)24-17-4-2-1-3-14(17)18(16)20(15)25/h1-11,19,24,26H,(H2,22,27). The number of carbonyl (C=O) groups excluding carboxylic acids is 1. The molecule has 0 saturated carbocycles. The minimum atomic E-state index is -0.509. The van der Waals surface area contributed by atoms with E-state index >= 15 is 0 Å². The minimum Gasteiger partial charge on any atom is -0.508 e. The molecule has 1 atom stereocenters. The molecular weight excluding hydrogens is 340 g/mol. The van der Waals surface area contributed by atoms with Crippen LogP contribution in [0.25, 0.3) is 16.6 Å². The number of nitrogens with two attached hydrogens (primary N) is 1. The van der Waals surface area contributed by atoms with E-state index in [1.807, 2.05) is 48.7 Å². The quantitative estimate of drug-likeness (QED) is 0.514. The van der Waals surface area contributed by atoms with Gasteiger partial charge in [0.05, 0.1) is 23.3 Å². The summed E-state index contributed by atoms with van der Waals surface area (Å²) in [5.74, 6) is -0.294. The number of hydrogen-bond acceptors (Lipinski definition) is 4. The van der Waals surface area contributed by atoms with Crippen LogP contribution in [0, 0.1) is 0 Å². The Morgan fingerprint density at radius 3 is 2.67 bits per heavy atom. The van der Waals surface area contributed by atoms with E-state index in [2.05, 4.69) is 10.4 Å². The third-order valence-corrected chi connectivity index (χ3v) is 5.01. The lowest BCUT2D eigenvalue weighted by Crippen LogP contribution is -2.14. The second-order valence-electron chi connectivity index (χ2n) is 6.58. The van der Waals surface area contributed by atoms with Crippen molar-refractivity contribution in [2.45, 2.75) is 6.04 Å². The van der Waals surface area contributed by atoms with Crippen molar-refractivity contribution in [1.82, 2.24) is 9.61 Å². The number of nitrogens with zero attached hydrogens (tertiary/aromatic N) is 2. The van der Waals surface area contributed by atoms with Gasteiger partial charge in [0.1, 0.15) is 5.75 Å². The molecule has 27 heavy (non-hydrogen) atoms. The van der Waals surface area contributed by atoms with Crippen LogP contribution < -0.4 is 11.1 Å². The number of para-hydroxylation sites is 1. The lowest BCUT2D eigenvalue weighted by atomic mass is 9.96. The van der Waals surface area contributed by atoms with Crippen LogP contribution in [0.4, 0.5) is 5.69 Å². The van der Waals surface area contributed by atoms with Crippen LogP contribution in [0.3, 0.4) is 0 Å². The van der Waals surface area contributed by atoms with Gasteiger partial charge in [-0.25, -0.2) is 4.52 Å². The van der Waals surface area contributed by atoms with Gasteiger partial charge in [-0.15, -0.1) is 0 Å². The molecule has 1 amide bonds. The van der Waals surface area contributed by atoms with Crippen LogP contribution in [-0.2, 0) is 0 Å². The number of hydrogen-bond donors (Lipinski definition) is 3. The molecule has 4 aromatic rings. The van der Waals surface area contributed by atoms with Gasteiger partial charge in [-0.1, -0.05) is 30.3 Å². The molecule has 1 aliphatic rings. The fourth-order valence-electron chi connectivity index (χ4n) is 3.79. The average Bonchev–Trinajstić information content (AvgIpc) is 3.04. The van der Waals surface area contributed by atoms with E-state index in [9.17, 15) is 9.90 Å². The second kappa shape index (κ2) is 5.60. The molecule has 2 aromatic carbocycles. The number of amides is 1. The number of carbonyl (C=O) groups is 1. The normalized spacial score (nSPS) is 15.0. The number of fused-ring (bicyclic) bond motifs is 2. The number of phenols is 1. The largest absolute Gasteiger partial charge is 0.508 e. The molecule has 1 unspecified atom stereocenters. The highest BCUT2D eigenvalue weighted by Gasteiger charge is 2.28. The molecule has 132 valence electrons. The first-order valence-electron chi connectivity index (χ1n) is 8.58. The van der Waals surface area contributed by atoms with Crippen LogP contribution in [-0.4, -0.2) is 20.6 Å². The van der Waals surface area contributed by atoms with Gasteiger partial charge in [-0.3, -0.25) is 4.79 Å². The molecule has 3 heterocycles. The lowest BCUT2D eigenvalue weighted by molar-refractivity contribution is 0.100. The SMILES string of the molecule is NC(=O)c1cnn2ccc3c2c1-c1ccccc1NC3c1ccc(O)cc1. The number of nitrogens with one attached hydrogen (secondary N) is 1. The van der Waals surface area contributed by atoms with E-state index in [1.54, 1.807) is 16.6 Å². The molecule has 5 rings (SSSR count). The zero-order valence-corrected chi connectivity index (χ0v) is 14.3. The molecular formula is C21H16N4O2. The maximum Gasteiger partial charge on any atom is 0.251 e. The summed E-state index contributed by atoms with van der Waals surface area (Å²) >= 11 is 0. The Bertz CT molecular complexity index is 1190. The first-order chi connectivity index (χ1) is 13.1. The van der Waals surface area contributed by atoms with Crippen LogP contribution in [0.1, 0.15) is 27.5 Å². The Kier molecular flexibility index (Phi) is 3.21. The Hall–Kier alpha value is -3.80. The average molecular weight is 356 g/mol. The maximum absolute atomic E-state index is 12.1. The molecule has 0 radical (unpaired) electrons. The van der Waals surface area contributed by atoms with Crippen LogP contribution in [0.5, 0.6) is 5.75 Å². The number of rotatable bonds is 2. The smallest absolute Gasteiger partial charge is 0.251 e. The summed E-state index contributed by atoms with van der Waals surface area (Å²) in [6, 6.07) is 16.8. The van der Waals surface area contributed by atoms with Crippen molar-refractivity contribution < 1.29 is 9.90 Å². The minimum absolute atomic E-state index is 0.164. The van der Waals surface area contributed by atoms with Crippen molar-refractivity contribution in [3.05, 3.63) is 83.7 Å². The van der Waals surface area contributed by atoms with Crippen LogP contribution in [0.2, 0.25) is 0 Å². The summed E-state index contributed by atoms with van der Waals surface area (Å²) in [7, 11) is 0. The van der Waals surface area contributed by atoms with Crippen molar-refractivity contribution in [3.8, 4) is 16.9 Å². The molecule has 0 bridgehead atoms. The number of benzene rings is 2. The fraction of sp³-hybridized carbons (Fsp3) is 0.0476. The van der Waals surface area contributed by atoms with Crippen LogP contribution >= 0.6 is 0 Å². The highest BCUT2D eigenvalue weighted by Crippen LogP contribution is 2.43. The molecule has 4 N–H and O–H groups in total. The molecule has 1 aliphatic heterocycles. The predicted octanol–water partition coefficient (Wildman–Crippen LogP) is 3.32. The summed E-state index contributed by atoms with van der Waals surface area (Å²) in [5.41, 5.74) is 11.5. The number of aromatic nitrogens is 2. The third kappa shape index (κ3) is 2.27. The van der Waals surface area contributed by atoms with Gasteiger partial charge >= 0.3 is 0 Å². The van der Waals surface area contributed by atoms with Gasteiger partial charge in [0.15, 0.2) is 0 Å². The van der Waals surface area contributed by atoms with E-state index in [-0.39, 0.29) is 11.8 Å². The lowest BCUT2D eigenvalue weighted by Gasteiger charge is -2.19. The Morgan fingerprint density at radius 2 is 1.89 bits per heavy atom. The van der Waals surface area contributed by atoms with E-state index < -0.39 is 5.91 Å².